The molecule has 2 aromatic rings. The van der Waals surface area contributed by atoms with E-state index < -0.39 is 0 Å². The van der Waals surface area contributed by atoms with Crippen LogP contribution in [0, 0.1) is 0 Å². The lowest BCUT2D eigenvalue weighted by Crippen LogP contribution is -2.38. The largest absolute Gasteiger partial charge is 0.357 e. The van der Waals surface area contributed by atoms with Crippen LogP contribution in [0.4, 0.5) is 0 Å². The lowest BCUT2D eigenvalue weighted by atomic mass is 10.2. The molecule has 0 aliphatic carbocycles. The SMILES string of the molecule is CCNC(=NCCc1cccnc1)N(C)Cc1ccc(Cl)cc1. The van der Waals surface area contributed by atoms with Crippen molar-refractivity contribution in [1.82, 2.24) is 15.2 Å². The summed E-state index contributed by atoms with van der Waals surface area (Å²) < 4.78 is 0. The van der Waals surface area contributed by atoms with Crippen molar-refractivity contribution in [2.75, 3.05) is 20.1 Å². The zero-order valence-electron chi connectivity index (χ0n) is 13.7. The first-order valence-corrected chi connectivity index (χ1v) is 8.19. The Balaban J connectivity index is 1.95. The van der Waals surface area contributed by atoms with E-state index in [1.54, 1.807) is 6.20 Å². The normalized spacial score (nSPS) is 11.3. The second-order valence-electron chi connectivity index (χ2n) is 5.33. The van der Waals surface area contributed by atoms with Crippen molar-refractivity contribution in [3.05, 3.63) is 64.9 Å². The number of aliphatic imine (C=N–C) groups is 1. The molecule has 1 aromatic heterocycles. The highest BCUT2D eigenvalue weighted by Gasteiger charge is 2.06. The smallest absolute Gasteiger partial charge is 0.193 e. The third-order valence-corrected chi connectivity index (χ3v) is 3.67. The summed E-state index contributed by atoms with van der Waals surface area (Å²) in [6.45, 7) is 4.44. The van der Waals surface area contributed by atoms with Crippen molar-refractivity contribution < 1.29 is 0 Å². The monoisotopic (exact) mass is 330 g/mol. The van der Waals surface area contributed by atoms with Gasteiger partial charge in [-0.3, -0.25) is 9.98 Å². The lowest BCUT2D eigenvalue weighted by Gasteiger charge is -2.22. The molecule has 122 valence electrons. The fourth-order valence-corrected chi connectivity index (χ4v) is 2.37. The Kier molecular flexibility index (Phi) is 6.88. The van der Waals surface area contributed by atoms with Crippen molar-refractivity contribution >= 4 is 17.6 Å². The predicted octanol–water partition coefficient (Wildman–Crippen LogP) is 3.38. The van der Waals surface area contributed by atoms with Crippen LogP contribution in [-0.2, 0) is 13.0 Å². The van der Waals surface area contributed by atoms with Crippen molar-refractivity contribution in [2.45, 2.75) is 19.9 Å². The summed E-state index contributed by atoms with van der Waals surface area (Å²) in [6, 6.07) is 11.9. The number of pyridine rings is 1. The van der Waals surface area contributed by atoms with E-state index in [2.05, 4.69) is 28.2 Å². The molecule has 0 atom stereocenters. The Labute approximate surface area is 143 Å². The van der Waals surface area contributed by atoms with Gasteiger partial charge in [-0.05, 0) is 42.7 Å². The highest BCUT2D eigenvalue weighted by atomic mass is 35.5. The molecule has 0 bridgehead atoms. The fourth-order valence-electron chi connectivity index (χ4n) is 2.25. The highest BCUT2D eigenvalue weighted by molar-refractivity contribution is 6.30. The Morgan fingerprint density at radius 3 is 2.65 bits per heavy atom. The van der Waals surface area contributed by atoms with E-state index in [1.807, 2.05) is 43.6 Å². The summed E-state index contributed by atoms with van der Waals surface area (Å²) in [5, 5.41) is 4.09. The first kappa shape index (κ1) is 17.3. The molecule has 0 unspecified atom stereocenters. The molecular formula is C18H23ClN4. The van der Waals surface area contributed by atoms with E-state index in [0.29, 0.717) is 0 Å². The third kappa shape index (κ3) is 5.91. The molecular weight excluding hydrogens is 308 g/mol. The molecule has 0 amide bonds. The quantitative estimate of drug-likeness (QED) is 0.652. The number of aromatic nitrogens is 1. The third-order valence-electron chi connectivity index (χ3n) is 3.41. The van der Waals surface area contributed by atoms with Crippen molar-refractivity contribution in [3.63, 3.8) is 0 Å². The van der Waals surface area contributed by atoms with Crippen LogP contribution in [0.3, 0.4) is 0 Å². The van der Waals surface area contributed by atoms with E-state index in [1.165, 1.54) is 11.1 Å². The number of guanidine groups is 1. The number of benzene rings is 1. The molecule has 5 heteroatoms. The minimum absolute atomic E-state index is 0.735. The van der Waals surface area contributed by atoms with Crippen molar-refractivity contribution in [3.8, 4) is 0 Å². The van der Waals surface area contributed by atoms with Crippen LogP contribution in [0.2, 0.25) is 5.02 Å². The van der Waals surface area contributed by atoms with Crippen LogP contribution in [0.1, 0.15) is 18.1 Å². The molecule has 1 aromatic carbocycles. The van der Waals surface area contributed by atoms with Gasteiger partial charge >= 0.3 is 0 Å². The van der Waals surface area contributed by atoms with Gasteiger partial charge in [-0.2, -0.15) is 0 Å². The number of nitrogens with zero attached hydrogens (tertiary/aromatic N) is 3. The molecule has 1 N–H and O–H groups in total. The first-order chi connectivity index (χ1) is 11.2. The first-order valence-electron chi connectivity index (χ1n) is 7.82. The van der Waals surface area contributed by atoms with Gasteiger partial charge < -0.3 is 10.2 Å². The summed E-state index contributed by atoms with van der Waals surface area (Å²) in [6.07, 6.45) is 4.56. The highest BCUT2D eigenvalue weighted by Crippen LogP contribution is 2.11. The Morgan fingerprint density at radius 1 is 1.22 bits per heavy atom. The predicted molar refractivity (Wildman–Crippen MR) is 96.8 cm³/mol. The lowest BCUT2D eigenvalue weighted by molar-refractivity contribution is 0.477. The zero-order valence-corrected chi connectivity index (χ0v) is 14.4. The molecule has 4 nitrogen and oxygen atoms in total. The van der Waals surface area contributed by atoms with E-state index in [0.717, 1.165) is 37.0 Å². The van der Waals surface area contributed by atoms with Gasteiger partial charge in [0.05, 0.1) is 0 Å². The minimum atomic E-state index is 0.735. The summed E-state index contributed by atoms with van der Waals surface area (Å²) in [5.41, 5.74) is 2.40. The standard InChI is InChI=1S/C18H23ClN4/c1-3-21-18(22-12-10-15-5-4-11-20-13-15)23(2)14-16-6-8-17(19)9-7-16/h4-9,11,13H,3,10,12,14H2,1-2H3,(H,21,22). The van der Waals surface area contributed by atoms with Gasteiger partial charge in [0, 0.05) is 44.1 Å². The van der Waals surface area contributed by atoms with E-state index in [9.17, 15) is 0 Å². The average molecular weight is 331 g/mol. The fraction of sp³-hybridized carbons (Fsp3) is 0.333. The van der Waals surface area contributed by atoms with Gasteiger partial charge in [-0.15, -0.1) is 0 Å². The van der Waals surface area contributed by atoms with Crippen LogP contribution in [0.15, 0.2) is 53.8 Å². The Hall–Kier alpha value is -2.07. The van der Waals surface area contributed by atoms with Gasteiger partial charge in [0.1, 0.15) is 0 Å². The topological polar surface area (TPSA) is 40.5 Å². The summed E-state index contributed by atoms with van der Waals surface area (Å²) >= 11 is 5.93. The molecule has 0 radical (unpaired) electrons. The molecule has 1 heterocycles. The van der Waals surface area contributed by atoms with Gasteiger partial charge in [0.15, 0.2) is 5.96 Å². The Morgan fingerprint density at radius 2 is 2.00 bits per heavy atom. The van der Waals surface area contributed by atoms with Crippen molar-refractivity contribution in [2.24, 2.45) is 4.99 Å². The molecule has 0 saturated heterocycles. The van der Waals surface area contributed by atoms with Crippen molar-refractivity contribution in [1.29, 1.82) is 0 Å². The van der Waals surface area contributed by atoms with Gasteiger partial charge in [-0.1, -0.05) is 29.8 Å². The number of halogens is 1. The molecule has 0 fully saturated rings. The second kappa shape index (κ2) is 9.16. The Bertz CT molecular complexity index is 611. The maximum atomic E-state index is 5.93. The second-order valence-corrected chi connectivity index (χ2v) is 5.77. The summed E-state index contributed by atoms with van der Waals surface area (Å²) in [4.78, 5) is 11.0. The average Bonchev–Trinajstić information content (AvgIpc) is 2.57. The molecule has 0 spiro atoms. The molecule has 23 heavy (non-hydrogen) atoms. The van der Waals surface area contributed by atoms with Crippen LogP contribution < -0.4 is 5.32 Å². The number of nitrogens with one attached hydrogen (secondary N) is 1. The molecule has 0 aliphatic rings. The van der Waals surface area contributed by atoms with Crippen LogP contribution in [-0.4, -0.2) is 36.0 Å². The maximum Gasteiger partial charge on any atom is 0.193 e. The number of hydrogen-bond acceptors (Lipinski definition) is 2. The maximum absolute atomic E-state index is 5.93. The molecule has 0 aliphatic heterocycles. The van der Waals surface area contributed by atoms with Crippen LogP contribution in [0.5, 0.6) is 0 Å². The molecule has 2 rings (SSSR count). The van der Waals surface area contributed by atoms with Gasteiger partial charge in [0.25, 0.3) is 0 Å². The van der Waals surface area contributed by atoms with E-state index >= 15 is 0 Å². The van der Waals surface area contributed by atoms with Gasteiger partial charge in [0.2, 0.25) is 0 Å². The van der Waals surface area contributed by atoms with Crippen LogP contribution in [0.25, 0.3) is 0 Å². The number of hydrogen-bond donors (Lipinski definition) is 1. The van der Waals surface area contributed by atoms with Gasteiger partial charge in [-0.25, -0.2) is 0 Å². The van der Waals surface area contributed by atoms with Crippen LogP contribution >= 0.6 is 11.6 Å². The summed E-state index contributed by atoms with van der Waals surface area (Å²) in [7, 11) is 2.04. The molecule has 0 saturated carbocycles. The van der Waals surface area contributed by atoms with E-state index in [-0.39, 0.29) is 0 Å². The van der Waals surface area contributed by atoms with E-state index in [4.69, 9.17) is 16.6 Å². The summed E-state index contributed by atoms with van der Waals surface area (Å²) in [5.74, 6) is 0.909. The minimum Gasteiger partial charge on any atom is -0.357 e. The zero-order chi connectivity index (χ0) is 16.5. The number of rotatable bonds is 6.